The Balaban J connectivity index is 2.19. The fourth-order valence-corrected chi connectivity index (χ4v) is 2.73. The first-order valence-corrected chi connectivity index (χ1v) is 7.44. The number of aromatic hydroxyl groups is 2. The number of halogens is 3. The summed E-state index contributed by atoms with van der Waals surface area (Å²) < 4.78 is 5.63. The molecular formula is C14H12BrCl2NO3. The molecule has 0 spiro atoms. The van der Waals surface area contributed by atoms with Crippen LogP contribution in [-0.2, 0) is 6.54 Å². The highest BCUT2D eigenvalue weighted by Gasteiger charge is 2.10. The third-order valence-electron chi connectivity index (χ3n) is 2.82. The van der Waals surface area contributed by atoms with Gasteiger partial charge in [-0.05, 0) is 45.8 Å². The van der Waals surface area contributed by atoms with E-state index in [9.17, 15) is 10.2 Å². The summed E-state index contributed by atoms with van der Waals surface area (Å²) in [4.78, 5) is 0. The normalized spacial score (nSPS) is 10.5. The van der Waals surface area contributed by atoms with E-state index in [1.165, 1.54) is 7.11 Å². The van der Waals surface area contributed by atoms with Crippen LogP contribution in [0.15, 0.2) is 28.7 Å². The molecule has 0 radical (unpaired) electrons. The number of methoxy groups -OCH3 is 1. The molecule has 2 rings (SSSR count). The van der Waals surface area contributed by atoms with Crippen LogP contribution in [0.3, 0.4) is 0 Å². The Labute approximate surface area is 140 Å². The van der Waals surface area contributed by atoms with Crippen molar-refractivity contribution < 1.29 is 14.9 Å². The van der Waals surface area contributed by atoms with Crippen molar-refractivity contribution >= 4 is 44.8 Å². The van der Waals surface area contributed by atoms with Crippen molar-refractivity contribution in [1.29, 1.82) is 0 Å². The minimum Gasteiger partial charge on any atom is -0.505 e. The zero-order valence-electron chi connectivity index (χ0n) is 11.0. The average molecular weight is 393 g/mol. The molecule has 0 aliphatic carbocycles. The van der Waals surface area contributed by atoms with E-state index in [1.807, 2.05) is 0 Å². The van der Waals surface area contributed by atoms with Crippen LogP contribution in [0.1, 0.15) is 5.56 Å². The molecule has 2 aromatic carbocycles. The Morgan fingerprint density at radius 1 is 1.10 bits per heavy atom. The Morgan fingerprint density at radius 2 is 1.71 bits per heavy atom. The highest BCUT2D eigenvalue weighted by molar-refractivity contribution is 9.10. The molecule has 3 N–H and O–H groups in total. The molecule has 0 bridgehead atoms. The van der Waals surface area contributed by atoms with Crippen LogP contribution in [0.5, 0.6) is 17.2 Å². The van der Waals surface area contributed by atoms with Gasteiger partial charge in [-0.25, -0.2) is 0 Å². The molecule has 0 aromatic heterocycles. The Hall–Kier alpha value is -1.30. The summed E-state index contributed by atoms with van der Waals surface area (Å²) >= 11 is 15.0. The molecule has 112 valence electrons. The lowest BCUT2D eigenvalue weighted by Crippen LogP contribution is -2.00. The molecule has 0 aliphatic rings. The molecule has 0 unspecified atom stereocenters. The largest absolute Gasteiger partial charge is 0.505 e. The molecular weight excluding hydrogens is 381 g/mol. The zero-order valence-corrected chi connectivity index (χ0v) is 14.1. The van der Waals surface area contributed by atoms with Gasteiger partial charge < -0.3 is 20.3 Å². The van der Waals surface area contributed by atoms with E-state index in [4.69, 9.17) is 27.9 Å². The van der Waals surface area contributed by atoms with E-state index < -0.39 is 0 Å². The smallest absolute Gasteiger partial charge is 0.172 e. The fourth-order valence-electron chi connectivity index (χ4n) is 1.76. The van der Waals surface area contributed by atoms with Gasteiger partial charge in [0, 0.05) is 12.2 Å². The second kappa shape index (κ2) is 6.64. The molecule has 0 atom stereocenters. The highest BCUT2D eigenvalue weighted by atomic mass is 79.9. The van der Waals surface area contributed by atoms with Crippen molar-refractivity contribution in [3.63, 3.8) is 0 Å². The van der Waals surface area contributed by atoms with Crippen LogP contribution in [0.2, 0.25) is 10.0 Å². The molecule has 0 heterocycles. The summed E-state index contributed by atoms with van der Waals surface area (Å²) in [6, 6.07) is 6.65. The first kappa shape index (κ1) is 16.1. The van der Waals surface area contributed by atoms with Crippen molar-refractivity contribution in [2.24, 2.45) is 0 Å². The minimum absolute atomic E-state index is 0.0528. The molecule has 0 fully saturated rings. The number of nitrogens with one attached hydrogen (secondary N) is 1. The third-order valence-corrected chi connectivity index (χ3v) is 4.00. The SMILES string of the molecule is COc1cc(CNc2cc(Cl)c(O)c(Cl)c2)cc(Br)c1O. The Kier molecular flexibility index (Phi) is 5.08. The van der Waals surface area contributed by atoms with Crippen molar-refractivity contribution in [1.82, 2.24) is 0 Å². The molecule has 0 saturated carbocycles. The van der Waals surface area contributed by atoms with Crippen LogP contribution in [0.25, 0.3) is 0 Å². The average Bonchev–Trinajstić information content (AvgIpc) is 2.45. The molecule has 21 heavy (non-hydrogen) atoms. The van der Waals surface area contributed by atoms with Crippen LogP contribution in [-0.4, -0.2) is 17.3 Å². The van der Waals surface area contributed by atoms with E-state index in [2.05, 4.69) is 21.2 Å². The van der Waals surface area contributed by atoms with Crippen molar-refractivity contribution in [3.05, 3.63) is 44.3 Å². The van der Waals surface area contributed by atoms with Gasteiger partial charge in [0.15, 0.2) is 17.2 Å². The number of ether oxygens (including phenoxy) is 1. The summed E-state index contributed by atoms with van der Waals surface area (Å²) in [6.07, 6.45) is 0. The van der Waals surface area contributed by atoms with Crippen LogP contribution < -0.4 is 10.1 Å². The molecule has 0 aliphatic heterocycles. The van der Waals surface area contributed by atoms with Gasteiger partial charge in [0.05, 0.1) is 21.6 Å². The van der Waals surface area contributed by atoms with Crippen molar-refractivity contribution in [2.45, 2.75) is 6.54 Å². The highest BCUT2D eigenvalue weighted by Crippen LogP contribution is 2.36. The van der Waals surface area contributed by atoms with Gasteiger partial charge in [0.2, 0.25) is 0 Å². The lowest BCUT2D eigenvalue weighted by Gasteiger charge is -2.11. The second-order valence-corrected chi connectivity index (χ2v) is 5.94. The number of hydrogen-bond donors (Lipinski definition) is 3. The lowest BCUT2D eigenvalue weighted by molar-refractivity contribution is 0.371. The summed E-state index contributed by atoms with van der Waals surface area (Å²) in [5.41, 5.74) is 1.56. The molecule has 0 amide bonds. The first-order chi connectivity index (χ1) is 9.92. The summed E-state index contributed by atoms with van der Waals surface area (Å²) in [5.74, 6) is 0.290. The van der Waals surface area contributed by atoms with Gasteiger partial charge in [-0.1, -0.05) is 23.2 Å². The van der Waals surface area contributed by atoms with Crippen molar-refractivity contribution in [3.8, 4) is 17.2 Å². The fraction of sp³-hybridized carbons (Fsp3) is 0.143. The Morgan fingerprint density at radius 3 is 2.29 bits per heavy atom. The van der Waals surface area contributed by atoms with E-state index in [1.54, 1.807) is 24.3 Å². The van der Waals surface area contributed by atoms with Crippen LogP contribution in [0, 0.1) is 0 Å². The van der Waals surface area contributed by atoms with Crippen LogP contribution in [0.4, 0.5) is 5.69 Å². The minimum atomic E-state index is -0.141. The van der Waals surface area contributed by atoms with E-state index in [0.717, 1.165) is 5.56 Å². The summed E-state index contributed by atoms with van der Waals surface area (Å²) in [6.45, 7) is 0.465. The van der Waals surface area contributed by atoms with Gasteiger partial charge in [-0.15, -0.1) is 0 Å². The van der Waals surface area contributed by atoms with Gasteiger partial charge >= 0.3 is 0 Å². The summed E-state index contributed by atoms with van der Waals surface area (Å²) in [5, 5.41) is 22.7. The molecule has 2 aromatic rings. The topological polar surface area (TPSA) is 61.7 Å². The lowest BCUT2D eigenvalue weighted by atomic mass is 10.2. The number of hydrogen-bond acceptors (Lipinski definition) is 4. The van der Waals surface area contributed by atoms with E-state index >= 15 is 0 Å². The maximum absolute atomic E-state index is 9.76. The molecule has 7 heteroatoms. The maximum Gasteiger partial charge on any atom is 0.172 e. The van der Waals surface area contributed by atoms with E-state index in [0.29, 0.717) is 22.5 Å². The standard InChI is InChI=1S/C14H12BrCl2NO3/c1-21-12-3-7(2-9(15)13(12)19)6-18-8-4-10(16)14(20)11(17)5-8/h2-5,18-20H,6H2,1H3. The number of rotatable bonds is 4. The summed E-state index contributed by atoms with van der Waals surface area (Å²) in [7, 11) is 1.48. The Bertz CT molecular complexity index is 657. The molecule has 0 saturated heterocycles. The number of anilines is 1. The van der Waals surface area contributed by atoms with Gasteiger partial charge in [-0.3, -0.25) is 0 Å². The first-order valence-electron chi connectivity index (χ1n) is 5.89. The third kappa shape index (κ3) is 3.67. The molecule has 4 nitrogen and oxygen atoms in total. The van der Waals surface area contributed by atoms with E-state index in [-0.39, 0.29) is 21.5 Å². The van der Waals surface area contributed by atoms with Gasteiger partial charge in [0.25, 0.3) is 0 Å². The number of phenolic OH excluding ortho intramolecular Hbond substituents is 2. The monoisotopic (exact) mass is 391 g/mol. The van der Waals surface area contributed by atoms with Crippen molar-refractivity contribution in [2.75, 3.05) is 12.4 Å². The predicted molar refractivity (Wildman–Crippen MR) is 87.8 cm³/mol. The second-order valence-electron chi connectivity index (χ2n) is 4.27. The quantitative estimate of drug-likeness (QED) is 0.654. The number of benzene rings is 2. The number of phenols is 2. The maximum atomic E-state index is 9.76. The van der Waals surface area contributed by atoms with Crippen LogP contribution >= 0.6 is 39.1 Å². The zero-order chi connectivity index (χ0) is 15.6. The predicted octanol–water partition coefficient (Wildman–Crippen LogP) is 4.79. The van der Waals surface area contributed by atoms with Gasteiger partial charge in [-0.2, -0.15) is 0 Å². The van der Waals surface area contributed by atoms with Gasteiger partial charge in [0.1, 0.15) is 0 Å².